The first kappa shape index (κ1) is 24.3. The lowest BCUT2D eigenvalue weighted by molar-refractivity contribution is -0.113. The van der Waals surface area contributed by atoms with Gasteiger partial charge in [0.1, 0.15) is 12.4 Å². The molecule has 4 rings (SSSR count). The van der Waals surface area contributed by atoms with Crippen LogP contribution in [0, 0.1) is 19.7 Å². The summed E-state index contributed by atoms with van der Waals surface area (Å²) < 4.78 is 25.8. The van der Waals surface area contributed by atoms with E-state index >= 15 is 0 Å². The van der Waals surface area contributed by atoms with E-state index in [0.717, 1.165) is 22.4 Å². The number of carbonyl (C=O) groups excluding carboxylic acids is 1. The van der Waals surface area contributed by atoms with Gasteiger partial charge in [0.2, 0.25) is 0 Å². The highest BCUT2D eigenvalue weighted by Crippen LogP contribution is 2.38. The van der Waals surface area contributed by atoms with Crippen LogP contribution in [-0.4, -0.2) is 17.3 Å². The van der Waals surface area contributed by atoms with Crippen molar-refractivity contribution < 1.29 is 18.7 Å². The molecule has 8 heteroatoms. The molecule has 0 unspecified atom stereocenters. The fourth-order valence-electron chi connectivity index (χ4n) is 3.60. The van der Waals surface area contributed by atoms with E-state index in [1.165, 1.54) is 31.0 Å². The number of benzene rings is 3. The largest absolute Gasteiger partial charge is 0.493 e. The molecule has 1 fully saturated rings. The number of rotatable bonds is 6. The zero-order chi connectivity index (χ0) is 24.4. The summed E-state index contributed by atoms with van der Waals surface area (Å²) in [7, 11) is 1.52. The number of hydrogen-bond donors (Lipinski definition) is 0. The Morgan fingerprint density at radius 2 is 1.91 bits per heavy atom. The molecule has 0 bridgehead atoms. The number of halogens is 2. The Kier molecular flexibility index (Phi) is 7.26. The van der Waals surface area contributed by atoms with Crippen LogP contribution < -0.4 is 14.4 Å². The Balaban J connectivity index is 1.60. The van der Waals surface area contributed by atoms with Gasteiger partial charge in [-0.15, -0.1) is 0 Å². The maximum absolute atomic E-state index is 14.1. The minimum Gasteiger partial charge on any atom is -0.493 e. The topological polar surface area (TPSA) is 38.8 Å². The first-order valence-corrected chi connectivity index (χ1v) is 12.0. The van der Waals surface area contributed by atoms with Crippen LogP contribution in [0.4, 0.5) is 10.1 Å². The number of methoxy groups -OCH3 is 1. The number of hydrogen-bond acceptors (Lipinski definition) is 5. The molecule has 0 radical (unpaired) electrons. The second-order valence-corrected chi connectivity index (χ2v) is 9.79. The van der Waals surface area contributed by atoms with Crippen LogP contribution in [0.3, 0.4) is 0 Å². The highest BCUT2D eigenvalue weighted by Gasteiger charge is 2.34. The molecule has 3 aromatic carbocycles. The molecule has 1 saturated heterocycles. The molecule has 0 N–H and O–H groups in total. The second kappa shape index (κ2) is 10.2. The van der Waals surface area contributed by atoms with Crippen molar-refractivity contribution in [1.82, 2.24) is 0 Å². The Labute approximate surface area is 212 Å². The number of ether oxygens (including phenoxy) is 2. The molecule has 0 spiro atoms. The van der Waals surface area contributed by atoms with E-state index in [1.54, 1.807) is 29.2 Å². The molecule has 1 aliphatic rings. The number of aryl methyl sites for hydroxylation is 2. The third kappa shape index (κ3) is 4.97. The van der Waals surface area contributed by atoms with E-state index in [0.29, 0.717) is 20.7 Å². The Morgan fingerprint density at radius 1 is 1.12 bits per heavy atom. The molecular weight excluding hydrogens is 493 g/mol. The van der Waals surface area contributed by atoms with Crippen molar-refractivity contribution in [3.63, 3.8) is 0 Å². The first-order chi connectivity index (χ1) is 16.3. The summed E-state index contributed by atoms with van der Waals surface area (Å²) >= 11 is 12.9. The summed E-state index contributed by atoms with van der Waals surface area (Å²) in [5, 5.41) is 0.283. The molecule has 3 aromatic rings. The van der Waals surface area contributed by atoms with Crippen LogP contribution >= 0.6 is 35.6 Å². The minimum atomic E-state index is -0.447. The van der Waals surface area contributed by atoms with Crippen LogP contribution in [0.1, 0.15) is 22.3 Å². The van der Waals surface area contributed by atoms with Crippen LogP contribution in [-0.2, 0) is 11.4 Å². The number of amides is 1. The van der Waals surface area contributed by atoms with Gasteiger partial charge in [0.05, 0.1) is 22.7 Å². The van der Waals surface area contributed by atoms with Crippen LogP contribution in [0.5, 0.6) is 11.5 Å². The minimum absolute atomic E-state index is 0.0693. The fraction of sp³-hybridized carbons (Fsp3) is 0.154. The third-order valence-corrected chi connectivity index (χ3v) is 6.96. The average molecular weight is 514 g/mol. The van der Waals surface area contributed by atoms with Gasteiger partial charge >= 0.3 is 0 Å². The van der Waals surface area contributed by atoms with Crippen molar-refractivity contribution in [2.75, 3.05) is 12.0 Å². The van der Waals surface area contributed by atoms with Crippen molar-refractivity contribution in [3.05, 3.63) is 92.6 Å². The monoisotopic (exact) mass is 513 g/mol. The third-order valence-electron chi connectivity index (χ3n) is 5.31. The first-order valence-electron chi connectivity index (χ1n) is 10.4. The number of thiocarbonyl (C=S) groups is 1. The summed E-state index contributed by atoms with van der Waals surface area (Å²) in [6.45, 7) is 3.89. The number of anilines is 1. The summed E-state index contributed by atoms with van der Waals surface area (Å²) in [6, 6.07) is 15.6. The predicted octanol–water partition coefficient (Wildman–Crippen LogP) is 7.09. The van der Waals surface area contributed by atoms with E-state index < -0.39 is 5.82 Å². The van der Waals surface area contributed by atoms with Gasteiger partial charge < -0.3 is 9.47 Å². The summed E-state index contributed by atoms with van der Waals surface area (Å²) in [5.74, 6) is 0.254. The normalized spacial score (nSPS) is 14.7. The average Bonchev–Trinajstić information content (AvgIpc) is 3.06. The maximum atomic E-state index is 14.1. The van der Waals surface area contributed by atoms with E-state index in [9.17, 15) is 9.18 Å². The van der Waals surface area contributed by atoms with Gasteiger partial charge in [-0.25, -0.2) is 4.39 Å². The van der Waals surface area contributed by atoms with Crippen LogP contribution in [0.2, 0.25) is 5.02 Å². The van der Waals surface area contributed by atoms with Crippen LogP contribution in [0.25, 0.3) is 6.08 Å². The van der Waals surface area contributed by atoms with Crippen molar-refractivity contribution in [2.24, 2.45) is 0 Å². The highest BCUT2D eigenvalue weighted by molar-refractivity contribution is 8.27. The molecule has 1 aliphatic heterocycles. The summed E-state index contributed by atoms with van der Waals surface area (Å²) in [5.41, 5.74) is 3.84. The number of carbonyl (C=O) groups is 1. The zero-order valence-corrected chi connectivity index (χ0v) is 21.1. The molecule has 1 heterocycles. The van der Waals surface area contributed by atoms with E-state index in [-0.39, 0.29) is 23.1 Å². The molecule has 174 valence electrons. The second-order valence-electron chi connectivity index (χ2n) is 7.71. The Bertz CT molecular complexity index is 1310. The van der Waals surface area contributed by atoms with Crippen molar-refractivity contribution >= 4 is 57.6 Å². The molecule has 0 aliphatic carbocycles. The molecule has 0 saturated carbocycles. The summed E-state index contributed by atoms with van der Waals surface area (Å²) in [4.78, 5) is 15.2. The smallest absolute Gasteiger partial charge is 0.270 e. The van der Waals surface area contributed by atoms with Crippen molar-refractivity contribution in [2.45, 2.75) is 20.5 Å². The number of thioether (sulfide) groups is 1. The SMILES string of the molecule is COc1ccc(/C=C2\SC(=S)N(c3ccc(C)cc3C)C2=O)cc1OCc1c(F)cccc1Cl. The van der Waals surface area contributed by atoms with Crippen molar-refractivity contribution in [1.29, 1.82) is 0 Å². The predicted molar refractivity (Wildman–Crippen MR) is 140 cm³/mol. The van der Waals surface area contributed by atoms with Crippen molar-refractivity contribution in [3.8, 4) is 11.5 Å². The Hall–Kier alpha value is -2.87. The molecule has 34 heavy (non-hydrogen) atoms. The molecular formula is C26H21ClFNO3S2. The lowest BCUT2D eigenvalue weighted by Gasteiger charge is -2.17. The lowest BCUT2D eigenvalue weighted by atomic mass is 10.1. The standard InChI is InChI=1S/C26H21ClFNO3S2/c1-15-7-9-21(16(2)11-15)29-25(30)24(34-26(29)33)13-17-8-10-22(31-3)23(12-17)32-14-18-19(27)5-4-6-20(18)28/h4-13H,14H2,1-3H3/b24-13-. The maximum Gasteiger partial charge on any atom is 0.270 e. The number of nitrogens with zero attached hydrogens (tertiary/aromatic N) is 1. The fourth-order valence-corrected chi connectivity index (χ4v) is 5.10. The lowest BCUT2D eigenvalue weighted by Crippen LogP contribution is -2.28. The van der Waals surface area contributed by atoms with Gasteiger partial charge in [0.15, 0.2) is 15.8 Å². The molecule has 4 nitrogen and oxygen atoms in total. The summed E-state index contributed by atoms with van der Waals surface area (Å²) in [6.07, 6.45) is 1.76. The van der Waals surface area contributed by atoms with E-state index in [4.69, 9.17) is 33.3 Å². The van der Waals surface area contributed by atoms with Gasteiger partial charge in [-0.05, 0) is 61.4 Å². The van der Waals surface area contributed by atoms with Gasteiger partial charge in [-0.1, -0.05) is 65.4 Å². The quantitative estimate of drug-likeness (QED) is 0.260. The Morgan fingerprint density at radius 3 is 2.62 bits per heavy atom. The van der Waals surface area contributed by atoms with E-state index in [1.807, 2.05) is 38.1 Å². The van der Waals surface area contributed by atoms with Gasteiger partial charge in [0, 0.05) is 5.56 Å². The molecule has 1 amide bonds. The molecule has 0 aromatic heterocycles. The zero-order valence-electron chi connectivity index (χ0n) is 18.7. The highest BCUT2D eigenvalue weighted by atomic mass is 35.5. The van der Waals surface area contributed by atoms with Crippen LogP contribution in [0.15, 0.2) is 59.5 Å². The van der Waals surface area contributed by atoms with Gasteiger partial charge in [-0.3, -0.25) is 9.69 Å². The van der Waals surface area contributed by atoms with E-state index in [2.05, 4.69) is 0 Å². The van der Waals surface area contributed by atoms with Gasteiger partial charge in [0.25, 0.3) is 5.91 Å². The molecule has 0 atom stereocenters. The van der Waals surface area contributed by atoms with Gasteiger partial charge in [-0.2, -0.15) is 0 Å².